The highest BCUT2D eigenvalue weighted by atomic mass is 19.1. The van der Waals surface area contributed by atoms with Crippen molar-refractivity contribution in [1.29, 1.82) is 0 Å². The number of nitrogens with zero attached hydrogens (tertiary/aromatic N) is 2. The fourth-order valence-electron chi connectivity index (χ4n) is 2.21. The standard InChI is InChI=1S/C15H16FN3O/c16-13-3-1-12(2-4-13)15-18-8-14(9-19-15)20-10-11-5-6-17-7-11/h1-4,8-9,11,17H,5-7,10H2. The highest BCUT2D eigenvalue weighted by Crippen LogP contribution is 2.18. The molecular formula is C15H16FN3O. The van der Waals surface area contributed by atoms with Crippen molar-refractivity contribution in [3.05, 3.63) is 42.5 Å². The summed E-state index contributed by atoms with van der Waals surface area (Å²) in [4.78, 5) is 8.50. The second kappa shape index (κ2) is 5.96. The molecule has 2 aromatic rings. The molecule has 1 aromatic heterocycles. The molecule has 1 aliphatic rings. The largest absolute Gasteiger partial charge is 0.490 e. The van der Waals surface area contributed by atoms with Gasteiger partial charge in [-0.3, -0.25) is 0 Å². The number of hydrogen-bond acceptors (Lipinski definition) is 4. The van der Waals surface area contributed by atoms with Gasteiger partial charge in [0.25, 0.3) is 0 Å². The van der Waals surface area contributed by atoms with Gasteiger partial charge in [0.2, 0.25) is 0 Å². The van der Waals surface area contributed by atoms with Crippen molar-refractivity contribution in [3.8, 4) is 17.1 Å². The summed E-state index contributed by atoms with van der Waals surface area (Å²) in [5, 5.41) is 3.30. The van der Waals surface area contributed by atoms with Gasteiger partial charge in [-0.1, -0.05) is 0 Å². The Kier molecular flexibility index (Phi) is 3.87. The Hall–Kier alpha value is -2.01. The van der Waals surface area contributed by atoms with Crippen molar-refractivity contribution in [1.82, 2.24) is 15.3 Å². The first-order valence-corrected chi connectivity index (χ1v) is 6.73. The Balaban J connectivity index is 1.63. The summed E-state index contributed by atoms with van der Waals surface area (Å²) in [6.45, 7) is 2.76. The fraction of sp³-hybridized carbons (Fsp3) is 0.333. The first-order valence-electron chi connectivity index (χ1n) is 6.73. The zero-order valence-electron chi connectivity index (χ0n) is 11.1. The van der Waals surface area contributed by atoms with Crippen LogP contribution in [0, 0.1) is 11.7 Å². The smallest absolute Gasteiger partial charge is 0.159 e. The van der Waals surface area contributed by atoms with Crippen LogP contribution in [-0.2, 0) is 0 Å². The molecule has 1 fully saturated rings. The van der Waals surface area contributed by atoms with E-state index in [0.717, 1.165) is 25.1 Å². The fourth-order valence-corrected chi connectivity index (χ4v) is 2.21. The van der Waals surface area contributed by atoms with Crippen molar-refractivity contribution in [2.75, 3.05) is 19.7 Å². The molecule has 3 rings (SSSR count). The lowest BCUT2D eigenvalue weighted by atomic mass is 10.1. The highest BCUT2D eigenvalue weighted by Gasteiger charge is 2.15. The molecule has 1 atom stereocenters. The maximum absolute atomic E-state index is 12.8. The number of ether oxygens (including phenoxy) is 1. The zero-order chi connectivity index (χ0) is 13.8. The Bertz CT molecular complexity index is 550. The van der Waals surface area contributed by atoms with E-state index in [2.05, 4.69) is 15.3 Å². The van der Waals surface area contributed by atoms with Crippen LogP contribution in [0.3, 0.4) is 0 Å². The van der Waals surface area contributed by atoms with Crippen LogP contribution in [0.5, 0.6) is 5.75 Å². The van der Waals surface area contributed by atoms with E-state index in [9.17, 15) is 4.39 Å². The summed E-state index contributed by atoms with van der Waals surface area (Å²) in [6, 6.07) is 6.12. The van der Waals surface area contributed by atoms with Crippen LogP contribution in [0.1, 0.15) is 6.42 Å². The van der Waals surface area contributed by atoms with Gasteiger partial charge in [0, 0.05) is 18.0 Å². The van der Waals surface area contributed by atoms with Crippen molar-refractivity contribution >= 4 is 0 Å². The molecule has 0 bridgehead atoms. The highest BCUT2D eigenvalue weighted by molar-refractivity contribution is 5.54. The number of aromatic nitrogens is 2. The molecule has 2 heterocycles. The lowest BCUT2D eigenvalue weighted by Gasteiger charge is -2.10. The van der Waals surface area contributed by atoms with Crippen LogP contribution in [0.4, 0.5) is 4.39 Å². The summed E-state index contributed by atoms with van der Waals surface area (Å²) in [5.74, 6) is 1.54. The van der Waals surface area contributed by atoms with E-state index >= 15 is 0 Å². The number of halogens is 1. The molecule has 104 valence electrons. The van der Waals surface area contributed by atoms with Gasteiger partial charge in [-0.15, -0.1) is 0 Å². The molecule has 1 N–H and O–H groups in total. The monoisotopic (exact) mass is 273 g/mol. The van der Waals surface area contributed by atoms with Crippen LogP contribution in [-0.4, -0.2) is 29.7 Å². The quantitative estimate of drug-likeness (QED) is 0.928. The second-order valence-corrected chi connectivity index (χ2v) is 4.92. The van der Waals surface area contributed by atoms with Crippen LogP contribution >= 0.6 is 0 Å². The summed E-state index contributed by atoms with van der Waals surface area (Å²) < 4.78 is 18.5. The van der Waals surface area contributed by atoms with E-state index in [1.807, 2.05) is 0 Å². The molecule has 1 saturated heterocycles. The average molecular weight is 273 g/mol. The molecule has 20 heavy (non-hydrogen) atoms. The minimum Gasteiger partial charge on any atom is -0.490 e. The molecule has 0 amide bonds. The SMILES string of the molecule is Fc1ccc(-c2ncc(OCC3CCNC3)cn2)cc1. The summed E-state index contributed by atoms with van der Waals surface area (Å²) in [5.41, 5.74) is 0.790. The summed E-state index contributed by atoms with van der Waals surface area (Å²) in [7, 11) is 0. The minimum absolute atomic E-state index is 0.265. The third kappa shape index (κ3) is 3.11. The predicted octanol–water partition coefficient (Wildman–Crippen LogP) is 2.27. The third-order valence-corrected chi connectivity index (χ3v) is 3.38. The summed E-state index contributed by atoms with van der Waals surface area (Å²) in [6.07, 6.45) is 4.47. The van der Waals surface area contributed by atoms with Gasteiger partial charge < -0.3 is 10.1 Å². The van der Waals surface area contributed by atoms with E-state index in [0.29, 0.717) is 24.1 Å². The number of rotatable bonds is 4. The molecule has 0 radical (unpaired) electrons. The normalized spacial score (nSPS) is 18.1. The topological polar surface area (TPSA) is 47.0 Å². The third-order valence-electron chi connectivity index (χ3n) is 3.38. The number of nitrogens with one attached hydrogen (secondary N) is 1. The van der Waals surface area contributed by atoms with Gasteiger partial charge in [0.05, 0.1) is 19.0 Å². The van der Waals surface area contributed by atoms with Crippen LogP contribution in [0.15, 0.2) is 36.7 Å². The molecule has 0 spiro atoms. The molecular weight excluding hydrogens is 257 g/mol. The van der Waals surface area contributed by atoms with Crippen LogP contribution in [0.25, 0.3) is 11.4 Å². The minimum atomic E-state index is -0.265. The Morgan fingerprint density at radius 1 is 1.20 bits per heavy atom. The lowest BCUT2D eigenvalue weighted by molar-refractivity contribution is 0.258. The maximum atomic E-state index is 12.8. The van der Waals surface area contributed by atoms with E-state index in [1.54, 1.807) is 24.5 Å². The van der Waals surface area contributed by atoms with Gasteiger partial charge in [0.15, 0.2) is 11.6 Å². The van der Waals surface area contributed by atoms with E-state index in [4.69, 9.17) is 4.74 Å². The lowest BCUT2D eigenvalue weighted by Crippen LogP contribution is -2.15. The van der Waals surface area contributed by atoms with Gasteiger partial charge in [-0.05, 0) is 37.2 Å². The van der Waals surface area contributed by atoms with Crippen LogP contribution in [0.2, 0.25) is 0 Å². The van der Waals surface area contributed by atoms with E-state index in [-0.39, 0.29) is 5.82 Å². The Labute approximate surface area is 117 Å². The molecule has 1 aliphatic heterocycles. The molecule has 1 aromatic carbocycles. The predicted molar refractivity (Wildman–Crippen MR) is 73.9 cm³/mol. The van der Waals surface area contributed by atoms with Crippen molar-refractivity contribution < 1.29 is 9.13 Å². The van der Waals surface area contributed by atoms with E-state index in [1.165, 1.54) is 12.1 Å². The number of hydrogen-bond donors (Lipinski definition) is 1. The second-order valence-electron chi connectivity index (χ2n) is 4.92. The maximum Gasteiger partial charge on any atom is 0.159 e. The van der Waals surface area contributed by atoms with Crippen molar-refractivity contribution in [2.24, 2.45) is 5.92 Å². The van der Waals surface area contributed by atoms with Gasteiger partial charge in [0.1, 0.15) is 5.82 Å². The molecule has 5 heteroatoms. The van der Waals surface area contributed by atoms with Crippen LogP contribution < -0.4 is 10.1 Å². The molecule has 0 aliphatic carbocycles. The average Bonchev–Trinajstić information content (AvgIpc) is 3.00. The van der Waals surface area contributed by atoms with Crippen molar-refractivity contribution in [2.45, 2.75) is 6.42 Å². The molecule has 4 nitrogen and oxygen atoms in total. The Morgan fingerprint density at radius 3 is 2.60 bits per heavy atom. The zero-order valence-corrected chi connectivity index (χ0v) is 11.1. The van der Waals surface area contributed by atoms with Crippen molar-refractivity contribution in [3.63, 3.8) is 0 Å². The Morgan fingerprint density at radius 2 is 1.95 bits per heavy atom. The van der Waals surface area contributed by atoms with E-state index < -0.39 is 0 Å². The first-order chi connectivity index (χ1) is 9.81. The van der Waals surface area contributed by atoms with Gasteiger partial charge >= 0.3 is 0 Å². The first kappa shape index (κ1) is 13.0. The van der Waals surface area contributed by atoms with Gasteiger partial charge in [-0.25, -0.2) is 14.4 Å². The molecule has 0 saturated carbocycles. The van der Waals surface area contributed by atoms with Gasteiger partial charge in [-0.2, -0.15) is 0 Å². The summed E-state index contributed by atoms with van der Waals surface area (Å²) >= 11 is 0. The molecule has 1 unspecified atom stereocenters. The number of benzene rings is 1.